The maximum atomic E-state index is 12.2. The van der Waals surface area contributed by atoms with Crippen molar-refractivity contribution in [2.75, 3.05) is 12.4 Å². The molecule has 0 saturated heterocycles. The van der Waals surface area contributed by atoms with Crippen LogP contribution in [-0.4, -0.2) is 28.0 Å². The van der Waals surface area contributed by atoms with Crippen LogP contribution in [0.25, 0.3) is 0 Å². The molecule has 0 radical (unpaired) electrons. The highest BCUT2D eigenvalue weighted by Gasteiger charge is 2.12. The lowest BCUT2D eigenvalue weighted by Crippen LogP contribution is -2.15. The third-order valence-corrected chi connectivity index (χ3v) is 2.96. The van der Waals surface area contributed by atoms with Crippen molar-refractivity contribution >= 4 is 35.1 Å². The fourth-order valence-electron chi connectivity index (χ4n) is 1.59. The number of ether oxygens (including phenoxy) is 1. The number of carbonyl (C=O) groups excluding carboxylic acids is 1. The smallest absolute Gasteiger partial charge is 0.258 e. The Morgan fingerprint density at radius 2 is 1.90 bits per heavy atom. The molecule has 2 heterocycles. The zero-order valence-corrected chi connectivity index (χ0v) is 12.9. The highest BCUT2D eigenvalue weighted by molar-refractivity contribution is 6.30. The molecule has 110 valence electrons. The van der Waals surface area contributed by atoms with E-state index in [-0.39, 0.29) is 22.1 Å². The van der Waals surface area contributed by atoms with Gasteiger partial charge in [-0.15, -0.1) is 0 Å². The zero-order valence-electron chi connectivity index (χ0n) is 11.4. The molecule has 0 fully saturated rings. The summed E-state index contributed by atoms with van der Waals surface area (Å²) in [6.45, 7) is 1.92. The second kappa shape index (κ2) is 6.69. The van der Waals surface area contributed by atoms with Crippen molar-refractivity contribution in [1.29, 1.82) is 0 Å². The third kappa shape index (κ3) is 4.03. The number of aromatic nitrogens is 3. The molecule has 21 heavy (non-hydrogen) atoms. The molecule has 1 N–H and O–H groups in total. The van der Waals surface area contributed by atoms with Gasteiger partial charge >= 0.3 is 0 Å². The van der Waals surface area contributed by atoms with E-state index in [1.165, 1.54) is 19.2 Å². The van der Waals surface area contributed by atoms with Gasteiger partial charge < -0.3 is 4.74 Å². The Labute approximate surface area is 131 Å². The molecule has 8 heteroatoms. The van der Waals surface area contributed by atoms with E-state index in [1.54, 1.807) is 6.07 Å². The predicted molar refractivity (Wildman–Crippen MR) is 80.2 cm³/mol. The molecule has 1 amide bonds. The van der Waals surface area contributed by atoms with Crippen molar-refractivity contribution in [3.63, 3.8) is 0 Å². The predicted octanol–water partition coefficient (Wildman–Crippen LogP) is 3.00. The minimum atomic E-state index is -0.404. The van der Waals surface area contributed by atoms with Crippen LogP contribution in [0.4, 0.5) is 5.95 Å². The van der Waals surface area contributed by atoms with Crippen molar-refractivity contribution < 1.29 is 9.53 Å². The second-order valence-corrected chi connectivity index (χ2v) is 4.81. The average molecular weight is 327 g/mol. The number of rotatable bonds is 4. The number of aryl methyl sites for hydroxylation is 1. The van der Waals surface area contributed by atoms with Crippen LogP contribution in [-0.2, 0) is 6.42 Å². The maximum absolute atomic E-state index is 12.2. The third-order valence-electron chi connectivity index (χ3n) is 2.58. The van der Waals surface area contributed by atoms with Gasteiger partial charge in [0.2, 0.25) is 11.8 Å². The number of halogens is 2. The van der Waals surface area contributed by atoms with E-state index in [9.17, 15) is 4.79 Å². The topological polar surface area (TPSA) is 77.0 Å². The van der Waals surface area contributed by atoms with E-state index >= 15 is 0 Å². The SMILES string of the molecule is CCc1cc(C(=O)Nc2nc(Cl)cc(OC)n2)cc(Cl)n1. The van der Waals surface area contributed by atoms with Crippen LogP contribution in [0.15, 0.2) is 18.2 Å². The highest BCUT2D eigenvalue weighted by atomic mass is 35.5. The molecule has 0 aromatic carbocycles. The van der Waals surface area contributed by atoms with Crippen LogP contribution in [0, 0.1) is 0 Å². The first-order valence-corrected chi connectivity index (χ1v) is 6.83. The number of carbonyl (C=O) groups is 1. The van der Waals surface area contributed by atoms with Crippen molar-refractivity contribution in [3.8, 4) is 5.88 Å². The average Bonchev–Trinajstić information content (AvgIpc) is 2.45. The molecule has 6 nitrogen and oxygen atoms in total. The van der Waals surface area contributed by atoms with Crippen LogP contribution in [0.1, 0.15) is 23.0 Å². The monoisotopic (exact) mass is 326 g/mol. The van der Waals surface area contributed by atoms with Crippen molar-refractivity contribution in [3.05, 3.63) is 39.8 Å². The molecule has 0 saturated carbocycles. The largest absolute Gasteiger partial charge is 0.481 e. The summed E-state index contributed by atoms with van der Waals surface area (Å²) in [5.74, 6) is -0.0963. The van der Waals surface area contributed by atoms with Gasteiger partial charge in [0, 0.05) is 17.3 Å². The summed E-state index contributed by atoms with van der Waals surface area (Å²) in [6, 6.07) is 4.57. The second-order valence-electron chi connectivity index (χ2n) is 4.03. The summed E-state index contributed by atoms with van der Waals surface area (Å²) in [5, 5.41) is 2.96. The van der Waals surface area contributed by atoms with Gasteiger partial charge in [-0.1, -0.05) is 30.1 Å². The quantitative estimate of drug-likeness (QED) is 0.690. The lowest BCUT2D eigenvalue weighted by atomic mass is 10.2. The van der Waals surface area contributed by atoms with Gasteiger partial charge in [0.15, 0.2) is 0 Å². The van der Waals surface area contributed by atoms with Crippen molar-refractivity contribution in [2.24, 2.45) is 0 Å². The summed E-state index contributed by atoms with van der Waals surface area (Å²) in [7, 11) is 1.44. The van der Waals surface area contributed by atoms with Gasteiger partial charge in [0.05, 0.1) is 7.11 Å². The highest BCUT2D eigenvalue weighted by Crippen LogP contribution is 2.17. The normalized spacial score (nSPS) is 10.3. The maximum Gasteiger partial charge on any atom is 0.258 e. The summed E-state index contributed by atoms with van der Waals surface area (Å²) >= 11 is 11.7. The number of nitrogens with one attached hydrogen (secondary N) is 1. The van der Waals surface area contributed by atoms with Crippen molar-refractivity contribution in [1.82, 2.24) is 15.0 Å². The Balaban J connectivity index is 2.25. The van der Waals surface area contributed by atoms with E-state index in [4.69, 9.17) is 27.9 Å². The summed E-state index contributed by atoms with van der Waals surface area (Å²) < 4.78 is 4.96. The van der Waals surface area contributed by atoms with Gasteiger partial charge in [0.25, 0.3) is 5.91 Å². The first kappa shape index (κ1) is 15.5. The number of amides is 1. The lowest BCUT2D eigenvalue weighted by Gasteiger charge is -2.07. The summed E-state index contributed by atoms with van der Waals surface area (Å²) in [6.07, 6.45) is 0.669. The van der Waals surface area contributed by atoms with Crippen LogP contribution in [0.2, 0.25) is 10.3 Å². The number of pyridine rings is 1. The molecular formula is C13H12Cl2N4O2. The Morgan fingerprint density at radius 1 is 1.19 bits per heavy atom. The standard InChI is InChI=1S/C13H12Cl2N4O2/c1-3-8-4-7(5-9(14)16-8)12(20)19-13-17-10(15)6-11(18-13)21-2/h4-6H,3H2,1-2H3,(H,17,18,19,20). The minimum absolute atomic E-state index is 0.0512. The fraction of sp³-hybridized carbons (Fsp3) is 0.231. The first-order valence-electron chi connectivity index (χ1n) is 6.08. The molecule has 0 spiro atoms. The Kier molecular flexibility index (Phi) is 4.93. The first-order chi connectivity index (χ1) is 10.0. The Hall–Kier alpha value is -1.92. The summed E-state index contributed by atoms with van der Waals surface area (Å²) in [5.41, 5.74) is 1.09. The van der Waals surface area contributed by atoms with E-state index < -0.39 is 5.91 Å². The van der Waals surface area contributed by atoms with Crippen LogP contribution in [0.3, 0.4) is 0 Å². The van der Waals surface area contributed by atoms with E-state index in [1.807, 2.05) is 6.92 Å². The molecule has 2 aromatic rings. The van der Waals surface area contributed by atoms with Gasteiger partial charge in [-0.3, -0.25) is 10.1 Å². The van der Waals surface area contributed by atoms with Crippen LogP contribution in [0.5, 0.6) is 5.88 Å². The van der Waals surface area contributed by atoms with Gasteiger partial charge in [-0.25, -0.2) is 9.97 Å². The number of hydrogen-bond acceptors (Lipinski definition) is 5. The van der Waals surface area contributed by atoms with Crippen LogP contribution >= 0.6 is 23.2 Å². The molecule has 2 aromatic heterocycles. The molecule has 0 aliphatic carbocycles. The zero-order chi connectivity index (χ0) is 15.4. The fourth-order valence-corrected chi connectivity index (χ4v) is 1.99. The van der Waals surface area contributed by atoms with Gasteiger partial charge in [0.1, 0.15) is 10.3 Å². The molecule has 0 bridgehead atoms. The Morgan fingerprint density at radius 3 is 2.57 bits per heavy atom. The Bertz CT molecular complexity index is 679. The molecule has 0 aliphatic heterocycles. The minimum Gasteiger partial charge on any atom is -0.481 e. The molecular weight excluding hydrogens is 315 g/mol. The lowest BCUT2D eigenvalue weighted by molar-refractivity contribution is 0.102. The summed E-state index contributed by atoms with van der Waals surface area (Å²) in [4.78, 5) is 24.2. The van der Waals surface area contributed by atoms with E-state index in [0.717, 1.165) is 5.69 Å². The number of anilines is 1. The van der Waals surface area contributed by atoms with Crippen molar-refractivity contribution in [2.45, 2.75) is 13.3 Å². The van der Waals surface area contributed by atoms with E-state index in [2.05, 4.69) is 20.3 Å². The number of methoxy groups -OCH3 is 1. The molecule has 0 unspecified atom stereocenters. The van der Waals surface area contributed by atoms with Gasteiger partial charge in [-0.05, 0) is 18.6 Å². The number of hydrogen-bond donors (Lipinski definition) is 1. The molecule has 0 atom stereocenters. The van der Waals surface area contributed by atoms with Gasteiger partial charge in [-0.2, -0.15) is 4.98 Å². The molecule has 0 aliphatic rings. The number of nitrogens with zero attached hydrogens (tertiary/aromatic N) is 3. The van der Waals surface area contributed by atoms with E-state index in [0.29, 0.717) is 12.0 Å². The van der Waals surface area contributed by atoms with Crippen LogP contribution < -0.4 is 10.1 Å². The molecule has 2 rings (SSSR count).